The van der Waals surface area contributed by atoms with Gasteiger partial charge in [-0.25, -0.2) is 13.4 Å². The molecule has 4 rings (SSSR count). The number of nitrogens with zero attached hydrogens (tertiary/aromatic N) is 4. The van der Waals surface area contributed by atoms with Crippen LogP contribution in [0, 0.1) is 6.92 Å². The smallest absolute Gasteiger partial charge is 0.244 e. The van der Waals surface area contributed by atoms with Crippen molar-refractivity contribution in [1.29, 1.82) is 0 Å². The number of aryl methyl sites for hydroxylation is 1. The maximum absolute atomic E-state index is 13.0. The zero-order valence-corrected chi connectivity index (χ0v) is 19.4. The van der Waals surface area contributed by atoms with Gasteiger partial charge in [0.15, 0.2) is 0 Å². The first-order chi connectivity index (χ1) is 14.3. The van der Waals surface area contributed by atoms with Gasteiger partial charge >= 0.3 is 0 Å². The monoisotopic (exact) mass is 482 g/mol. The van der Waals surface area contributed by atoms with E-state index < -0.39 is 10.0 Å². The summed E-state index contributed by atoms with van der Waals surface area (Å²) in [6.07, 6.45) is 0.679. The molecule has 1 fully saturated rings. The van der Waals surface area contributed by atoms with E-state index in [0.717, 1.165) is 11.0 Å². The number of hydrogen-bond donors (Lipinski definition) is 0. The summed E-state index contributed by atoms with van der Waals surface area (Å²) >= 11 is 13.4. The zero-order chi connectivity index (χ0) is 21.3. The van der Waals surface area contributed by atoms with Crippen LogP contribution in [0.1, 0.15) is 17.0 Å². The first kappa shape index (κ1) is 21.5. The molecule has 0 radical (unpaired) electrons. The maximum atomic E-state index is 13.0. The quantitative estimate of drug-likeness (QED) is 0.543. The van der Waals surface area contributed by atoms with Gasteiger partial charge in [0.2, 0.25) is 15.2 Å². The van der Waals surface area contributed by atoms with Crippen LogP contribution in [-0.4, -0.2) is 48.3 Å². The molecular formula is C20H20Cl2N4O2S2. The van der Waals surface area contributed by atoms with Crippen LogP contribution in [0.15, 0.2) is 47.4 Å². The van der Waals surface area contributed by atoms with Crippen LogP contribution in [0.4, 0.5) is 5.13 Å². The van der Waals surface area contributed by atoms with Crippen LogP contribution in [-0.2, 0) is 16.4 Å². The van der Waals surface area contributed by atoms with Crippen molar-refractivity contribution in [2.24, 2.45) is 0 Å². The third kappa shape index (κ3) is 4.63. The Bertz CT molecular complexity index is 1140. The summed E-state index contributed by atoms with van der Waals surface area (Å²) in [5.41, 5.74) is 2.39. The Hall–Kier alpha value is -1.71. The first-order valence-electron chi connectivity index (χ1n) is 9.41. The molecule has 0 N–H and O–H groups in total. The number of rotatable bonds is 5. The van der Waals surface area contributed by atoms with Crippen molar-refractivity contribution in [3.8, 4) is 0 Å². The lowest BCUT2D eigenvalue weighted by Crippen LogP contribution is -2.48. The van der Waals surface area contributed by atoms with E-state index in [-0.39, 0.29) is 9.92 Å². The molecule has 10 heteroatoms. The molecule has 3 aromatic rings. The molecule has 1 aliphatic rings. The molecule has 1 aromatic heterocycles. The van der Waals surface area contributed by atoms with E-state index >= 15 is 0 Å². The van der Waals surface area contributed by atoms with Crippen molar-refractivity contribution in [2.45, 2.75) is 18.2 Å². The molecule has 1 saturated heterocycles. The summed E-state index contributed by atoms with van der Waals surface area (Å²) in [7, 11) is -3.70. The summed E-state index contributed by atoms with van der Waals surface area (Å²) in [5.74, 6) is 0.777. The number of hydrogen-bond acceptors (Lipinski definition) is 6. The Balaban J connectivity index is 1.42. The Labute approximate surface area is 190 Å². The van der Waals surface area contributed by atoms with Crippen molar-refractivity contribution < 1.29 is 8.42 Å². The normalized spacial score (nSPS) is 15.5. The fourth-order valence-corrected chi connectivity index (χ4v) is 6.16. The van der Waals surface area contributed by atoms with Crippen LogP contribution in [0.2, 0.25) is 10.0 Å². The van der Waals surface area contributed by atoms with Gasteiger partial charge in [-0.1, -0.05) is 53.0 Å². The second-order valence-electron chi connectivity index (χ2n) is 7.12. The molecule has 0 aliphatic carbocycles. The Morgan fingerprint density at radius 3 is 2.43 bits per heavy atom. The van der Waals surface area contributed by atoms with Gasteiger partial charge in [0.05, 0.1) is 5.02 Å². The van der Waals surface area contributed by atoms with E-state index in [2.05, 4.69) is 45.4 Å². The molecule has 30 heavy (non-hydrogen) atoms. The summed E-state index contributed by atoms with van der Waals surface area (Å²) < 4.78 is 31.9. The number of anilines is 1. The van der Waals surface area contributed by atoms with E-state index in [1.165, 1.54) is 39.1 Å². The van der Waals surface area contributed by atoms with Crippen LogP contribution in [0.3, 0.4) is 0 Å². The third-order valence-corrected chi connectivity index (χ3v) is 8.39. The van der Waals surface area contributed by atoms with Gasteiger partial charge < -0.3 is 4.90 Å². The number of benzene rings is 2. The molecule has 2 aromatic carbocycles. The SMILES string of the molecule is Cc1ccc(Cc2nsc(N3CCN(S(=O)(=O)c4cc(Cl)ccc4Cl)CC3)n2)cc1. The van der Waals surface area contributed by atoms with Gasteiger partial charge in [-0.05, 0) is 30.7 Å². The van der Waals surface area contributed by atoms with Gasteiger partial charge in [-0.15, -0.1) is 0 Å². The minimum absolute atomic E-state index is 0.0430. The number of aromatic nitrogens is 2. The van der Waals surface area contributed by atoms with E-state index in [1.54, 1.807) is 6.07 Å². The van der Waals surface area contributed by atoms with Gasteiger partial charge in [-0.2, -0.15) is 8.68 Å². The molecule has 0 bridgehead atoms. The summed E-state index contributed by atoms with van der Waals surface area (Å²) in [6.45, 7) is 3.83. The lowest BCUT2D eigenvalue weighted by atomic mass is 10.1. The van der Waals surface area contributed by atoms with Gasteiger partial charge in [0.1, 0.15) is 10.7 Å². The highest BCUT2D eigenvalue weighted by Gasteiger charge is 2.31. The number of piperazine rings is 1. The minimum atomic E-state index is -3.70. The molecule has 2 heterocycles. The van der Waals surface area contributed by atoms with Crippen molar-refractivity contribution >= 4 is 49.9 Å². The Kier molecular flexibility index (Phi) is 6.31. The van der Waals surface area contributed by atoms with Crippen LogP contribution in [0.5, 0.6) is 0 Å². The fraction of sp³-hybridized carbons (Fsp3) is 0.300. The summed E-state index contributed by atoms with van der Waals surface area (Å²) in [5, 5.41) is 1.33. The highest BCUT2D eigenvalue weighted by Crippen LogP contribution is 2.29. The molecule has 0 saturated carbocycles. The van der Waals surface area contributed by atoms with Gasteiger partial charge in [0, 0.05) is 49.2 Å². The van der Waals surface area contributed by atoms with Crippen molar-refractivity contribution in [2.75, 3.05) is 31.1 Å². The van der Waals surface area contributed by atoms with Gasteiger partial charge in [-0.3, -0.25) is 0 Å². The Morgan fingerprint density at radius 1 is 1.03 bits per heavy atom. The average Bonchev–Trinajstić information content (AvgIpc) is 3.20. The van der Waals surface area contributed by atoms with E-state index in [4.69, 9.17) is 23.2 Å². The maximum Gasteiger partial charge on any atom is 0.244 e. The van der Waals surface area contributed by atoms with Crippen LogP contribution >= 0.6 is 34.7 Å². The number of sulfonamides is 1. The van der Waals surface area contributed by atoms with Crippen molar-refractivity contribution in [1.82, 2.24) is 13.7 Å². The summed E-state index contributed by atoms with van der Waals surface area (Å²) in [4.78, 5) is 6.76. The molecule has 0 spiro atoms. The molecule has 0 atom stereocenters. The lowest BCUT2D eigenvalue weighted by Gasteiger charge is -2.33. The van der Waals surface area contributed by atoms with E-state index in [9.17, 15) is 8.42 Å². The second-order valence-corrected chi connectivity index (χ2v) is 10.6. The van der Waals surface area contributed by atoms with Crippen molar-refractivity contribution in [3.63, 3.8) is 0 Å². The first-order valence-corrected chi connectivity index (χ1v) is 12.4. The molecule has 6 nitrogen and oxygen atoms in total. The average molecular weight is 483 g/mol. The van der Waals surface area contributed by atoms with Crippen LogP contribution < -0.4 is 4.90 Å². The van der Waals surface area contributed by atoms with E-state index in [0.29, 0.717) is 37.6 Å². The standard InChI is InChI=1S/C20H20Cl2N4O2S2/c1-14-2-4-15(5-3-14)12-19-23-20(29-24-19)25-8-10-26(11-9-25)30(27,28)18-13-16(21)6-7-17(18)22/h2-7,13H,8-12H2,1H3. The lowest BCUT2D eigenvalue weighted by molar-refractivity contribution is 0.384. The third-order valence-electron chi connectivity index (χ3n) is 4.96. The second kappa shape index (κ2) is 8.80. The van der Waals surface area contributed by atoms with Crippen LogP contribution in [0.25, 0.3) is 0 Å². The van der Waals surface area contributed by atoms with E-state index in [1.807, 2.05) is 0 Å². The number of halogens is 2. The largest absolute Gasteiger partial charge is 0.344 e. The molecular weight excluding hydrogens is 463 g/mol. The topological polar surface area (TPSA) is 66.4 Å². The predicted octanol–water partition coefficient (Wildman–Crippen LogP) is 4.26. The zero-order valence-electron chi connectivity index (χ0n) is 16.3. The van der Waals surface area contributed by atoms with Crippen molar-refractivity contribution in [3.05, 3.63) is 69.5 Å². The molecule has 158 valence electrons. The van der Waals surface area contributed by atoms with Gasteiger partial charge in [0.25, 0.3) is 0 Å². The molecule has 1 aliphatic heterocycles. The summed E-state index contributed by atoms with van der Waals surface area (Å²) in [6, 6.07) is 12.8. The highest BCUT2D eigenvalue weighted by molar-refractivity contribution is 7.89. The highest BCUT2D eigenvalue weighted by atomic mass is 35.5. The predicted molar refractivity (Wildman–Crippen MR) is 121 cm³/mol. The Morgan fingerprint density at radius 2 is 1.73 bits per heavy atom. The minimum Gasteiger partial charge on any atom is -0.344 e. The fourth-order valence-electron chi connectivity index (χ4n) is 3.27. The molecule has 0 amide bonds. The molecule has 0 unspecified atom stereocenters.